The molecule has 1 aromatic heterocycles. The molecule has 1 saturated heterocycles. The molecule has 2 heterocycles. The number of carbonyl (C=O) groups is 1. The van der Waals surface area contributed by atoms with Crippen LogP contribution in [0.1, 0.15) is 36.8 Å². The third-order valence-electron chi connectivity index (χ3n) is 5.18. The molecule has 1 fully saturated rings. The van der Waals surface area contributed by atoms with E-state index in [0.29, 0.717) is 30.0 Å². The summed E-state index contributed by atoms with van der Waals surface area (Å²) in [4.78, 5) is 14.4. The van der Waals surface area contributed by atoms with Crippen LogP contribution in [0.15, 0.2) is 29.2 Å². The van der Waals surface area contributed by atoms with Crippen molar-refractivity contribution in [2.75, 3.05) is 26.2 Å². The number of aryl methyl sites for hydroxylation is 1. The summed E-state index contributed by atoms with van der Waals surface area (Å²) in [5.41, 5.74) is 1.72. The molecule has 29 heavy (non-hydrogen) atoms. The Bertz CT molecular complexity index is 1010. The topological polar surface area (TPSA) is 75.5 Å². The van der Waals surface area contributed by atoms with Gasteiger partial charge in [0, 0.05) is 32.2 Å². The van der Waals surface area contributed by atoms with E-state index in [1.807, 2.05) is 13.8 Å². The fraction of sp³-hybridized carbons (Fsp3) is 0.500. The lowest BCUT2D eigenvalue weighted by Gasteiger charge is -2.34. The Morgan fingerprint density at radius 1 is 1.17 bits per heavy atom. The van der Waals surface area contributed by atoms with Crippen molar-refractivity contribution in [1.29, 1.82) is 0 Å². The Balaban J connectivity index is 1.69. The summed E-state index contributed by atoms with van der Waals surface area (Å²) >= 11 is 0. The van der Waals surface area contributed by atoms with Gasteiger partial charge in [-0.25, -0.2) is 12.8 Å². The molecule has 0 spiro atoms. The predicted molar refractivity (Wildman–Crippen MR) is 108 cm³/mol. The minimum absolute atomic E-state index is 0.0648. The average molecular weight is 423 g/mol. The van der Waals surface area contributed by atoms with Crippen molar-refractivity contribution in [3.8, 4) is 0 Å². The average Bonchev–Trinajstić information content (AvgIpc) is 2.97. The molecule has 2 aromatic rings. The van der Waals surface area contributed by atoms with E-state index in [4.69, 9.17) is 0 Å². The molecule has 0 aliphatic carbocycles. The summed E-state index contributed by atoms with van der Waals surface area (Å²) in [7, 11) is -3.69. The quantitative estimate of drug-likeness (QED) is 0.741. The first-order chi connectivity index (χ1) is 13.6. The smallest absolute Gasteiger partial charge is 0.246 e. The van der Waals surface area contributed by atoms with Crippen LogP contribution in [0.4, 0.5) is 4.39 Å². The number of carbonyl (C=O) groups excluding carboxylic acids is 1. The second-order valence-electron chi connectivity index (χ2n) is 7.63. The number of hydrogen-bond donors (Lipinski definition) is 0. The first-order valence-electron chi connectivity index (χ1n) is 9.69. The van der Waals surface area contributed by atoms with Crippen LogP contribution in [0.2, 0.25) is 0 Å². The molecule has 0 saturated carbocycles. The van der Waals surface area contributed by atoms with Crippen LogP contribution >= 0.6 is 0 Å². The zero-order valence-corrected chi connectivity index (χ0v) is 18.0. The molecule has 0 N–H and O–H groups in total. The summed E-state index contributed by atoms with van der Waals surface area (Å²) in [6, 6.07) is 6.03. The highest BCUT2D eigenvalue weighted by Crippen LogP contribution is 2.26. The largest absolute Gasteiger partial charge is 0.340 e. The minimum Gasteiger partial charge on any atom is -0.340 e. The van der Waals surface area contributed by atoms with Gasteiger partial charge < -0.3 is 4.90 Å². The summed E-state index contributed by atoms with van der Waals surface area (Å²) < 4.78 is 42.9. The molecule has 1 aliphatic heterocycles. The van der Waals surface area contributed by atoms with E-state index in [-0.39, 0.29) is 42.2 Å². The Labute approximate surface area is 171 Å². The normalized spacial score (nSPS) is 15.9. The van der Waals surface area contributed by atoms with Gasteiger partial charge in [0.05, 0.1) is 17.8 Å². The Morgan fingerprint density at radius 2 is 1.83 bits per heavy atom. The molecule has 0 unspecified atom stereocenters. The second-order valence-corrected chi connectivity index (χ2v) is 9.50. The summed E-state index contributed by atoms with van der Waals surface area (Å²) in [5, 5.41) is 4.38. The monoisotopic (exact) mass is 422 g/mol. The number of amides is 1. The van der Waals surface area contributed by atoms with Gasteiger partial charge in [-0.2, -0.15) is 9.40 Å². The van der Waals surface area contributed by atoms with Crippen LogP contribution in [0.3, 0.4) is 0 Å². The number of hydrogen-bond acceptors (Lipinski definition) is 4. The SMILES string of the molecule is Cc1nn(C(C)C)c(C)c1S(=O)(=O)N1CCN(C(=O)Cc2cccc(F)c2)CC1. The zero-order chi connectivity index (χ0) is 21.3. The van der Waals surface area contributed by atoms with Gasteiger partial charge in [-0.3, -0.25) is 9.48 Å². The Kier molecular flexibility index (Phi) is 6.09. The lowest BCUT2D eigenvalue weighted by molar-refractivity contribution is -0.131. The second kappa shape index (κ2) is 8.23. The van der Waals surface area contributed by atoms with E-state index in [0.717, 1.165) is 0 Å². The van der Waals surface area contributed by atoms with Gasteiger partial charge in [0.1, 0.15) is 10.7 Å². The minimum atomic E-state index is -3.69. The van der Waals surface area contributed by atoms with Crippen molar-refractivity contribution in [2.24, 2.45) is 0 Å². The number of benzene rings is 1. The molecular weight excluding hydrogens is 395 g/mol. The number of piperazine rings is 1. The third-order valence-corrected chi connectivity index (χ3v) is 7.33. The standard InChI is InChI=1S/C20H27FN4O3S/c1-14(2)25-16(4)20(15(3)22-25)29(27,28)24-10-8-23(9-11-24)19(26)13-17-6-5-7-18(21)12-17/h5-7,12,14H,8-11,13H2,1-4H3. The molecule has 0 radical (unpaired) electrons. The van der Waals surface area contributed by atoms with Gasteiger partial charge in [-0.1, -0.05) is 12.1 Å². The van der Waals surface area contributed by atoms with Gasteiger partial charge in [-0.15, -0.1) is 0 Å². The van der Waals surface area contributed by atoms with Crippen molar-refractivity contribution in [2.45, 2.75) is 45.1 Å². The van der Waals surface area contributed by atoms with Crippen LogP contribution in [0.5, 0.6) is 0 Å². The van der Waals surface area contributed by atoms with Crippen LogP contribution in [0.25, 0.3) is 0 Å². The van der Waals surface area contributed by atoms with E-state index >= 15 is 0 Å². The molecule has 3 rings (SSSR count). The fourth-order valence-electron chi connectivity index (χ4n) is 3.76. The number of rotatable bonds is 5. The highest BCUT2D eigenvalue weighted by molar-refractivity contribution is 7.89. The number of nitrogens with zero attached hydrogens (tertiary/aromatic N) is 4. The van der Waals surface area contributed by atoms with Crippen molar-refractivity contribution < 1.29 is 17.6 Å². The van der Waals surface area contributed by atoms with Crippen molar-refractivity contribution in [1.82, 2.24) is 19.0 Å². The van der Waals surface area contributed by atoms with Gasteiger partial charge in [0.15, 0.2) is 0 Å². The molecule has 9 heteroatoms. The summed E-state index contributed by atoms with van der Waals surface area (Å²) in [6.07, 6.45) is 0.101. The Morgan fingerprint density at radius 3 is 2.38 bits per heavy atom. The lowest BCUT2D eigenvalue weighted by atomic mass is 10.1. The number of halogens is 1. The van der Waals surface area contributed by atoms with E-state index in [1.165, 1.54) is 16.4 Å². The highest BCUT2D eigenvalue weighted by atomic mass is 32.2. The molecule has 0 atom stereocenters. The van der Waals surface area contributed by atoms with E-state index in [9.17, 15) is 17.6 Å². The Hall–Kier alpha value is -2.26. The van der Waals surface area contributed by atoms with Gasteiger partial charge in [0.25, 0.3) is 0 Å². The number of aromatic nitrogens is 2. The third kappa shape index (κ3) is 4.35. The molecule has 0 bridgehead atoms. The van der Waals surface area contributed by atoms with Crippen LogP contribution in [0, 0.1) is 19.7 Å². The predicted octanol–water partition coefficient (Wildman–Crippen LogP) is 2.30. The van der Waals surface area contributed by atoms with Crippen LogP contribution < -0.4 is 0 Å². The first kappa shape index (κ1) is 21.4. The maximum Gasteiger partial charge on any atom is 0.246 e. The van der Waals surface area contributed by atoms with E-state index in [1.54, 1.807) is 35.6 Å². The summed E-state index contributed by atoms with van der Waals surface area (Å²) in [5.74, 6) is -0.508. The first-order valence-corrected chi connectivity index (χ1v) is 11.1. The highest BCUT2D eigenvalue weighted by Gasteiger charge is 2.34. The van der Waals surface area contributed by atoms with Gasteiger partial charge in [-0.05, 0) is 45.4 Å². The van der Waals surface area contributed by atoms with Gasteiger partial charge >= 0.3 is 0 Å². The zero-order valence-electron chi connectivity index (χ0n) is 17.2. The molecular formula is C20H27FN4O3S. The van der Waals surface area contributed by atoms with Crippen LogP contribution in [-0.2, 0) is 21.2 Å². The number of sulfonamides is 1. The molecule has 158 valence electrons. The van der Waals surface area contributed by atoms with Crippen LogP contribution in [-0.4, -0.2) is 59.5 Å². The molecule has 7 nitrogen and oxygen atoms in total. The van der Waals surface area contributed by atoms with Crippen molar-refractivity contribution >= 4 is 15.9 Å². The fourth-order valence-corrected chi connectivity index (χ4v) is 5.55. The molecule has 1 amide bonds. The maximum absolute atomic E-state index is 13.3. The summed E-state index contributed by atoms with van der Waals surface area (Å²) in [6.45, 7) is 8.46. The van der Waals surface area contributed by atoms with Crippen molar-refractivity contribution in [3.05, 3.63) is 47.0 Å². The van der Waals surface area contributed by atoms with Gasteiger partial charge in [0.2, 0.25) is 15.9 Å². The molecule has 1 aromatic carbocycles. The molecule has 1 aliphatic rings. The maximum atomic E-state index is 13.3. The lowest BCUT2D eigenvalue weighted by Crippen LogP contribution is -2.51. The van der Waals surface area contributed by atoms with Crippen molar-refractivity contribution in [3.63, 3.8) is 0 Å². The van der Waals surface area contributed by atoms with E-state index in [2.05, 4.69) is 5.10 Å². The van der Waals surface area contributed by atoms with E-state index < -0.39 is 10.0 Å².